The molecule has 172 valence electrons. The number of piperazine rings is 1. The Hall–Kier alpha value is -3.02. The number of allylic oxidation sites excluding steroid dienone is 2. The van der Waals surface area contributed by atoms with E-state index in [9.17, 15) is 4.39 Å². The van der Waals surface area contributed by atoms with Gasteiger partial charge in [-0.15, -0.1) is 0 Å². The maximum absolute atomic E-state index is 14.3. The van der Waals surface area contributed by atoms with Crippen molar-refractivity contribution in [3.63, 3.8) is 0 Å². The summed E-state index contributed by atoms with van der Waals surface area (Å²) in [6.07, 6.45) is 4.25. The molecule has 0 N–H and O–H groups in total. The Kier molecular flexibility index (Phi) is 8.23. The minimum absolute atomic E-state index is 0.155. The Morgan fingerprint density at radius 2 is 1.67 bits per heavy atom. The van der Waals surface area contributed by atoms with Gasteiger partial charge in [-0.3, -0.25) is 9.88 Å². The Balaban J connectivity index is 1.25. The van der Waals surface area contributed by atoms with Gasteiger partial charge in [0.2, 0.25) is 0 Å². The maximum atomic E-state index is 14.3. The van der Waals surface area contributed by atoms with Crippen LogP contribution in [0.15, 0.2) is 84.8 Å². The van der Waals surface area contributed by atoms with Crippen molar-refractivity contribution >= 4 is 0 Å². The highest BCUT2D eigenvalue weighted by Crippen LogP contribution is 2.22. The average Bonchev–Trinajstić information content (AvgIpc) is 2.86. The van der Waals surface area contributed by atoms with Crippen LogP contribution in [0.25, 0.3) is 11.1 Å². The van der Waals surface area contributed by atoms with Crippen LogP contribution in [0, 0.1) is 0 Å². The molecule has 33 heavy (non-hydrogen) atoms. The summed E-state index contributed by atoms with van der Waals surface area (Å²) in [6.45, 7) is 6.11. The van der Waals surface area contributed by atoms with Gasteiger partial charge in [0.15, 0.2) is 0 Å². The minimum Gasteiger partial charge on any atom is -0.492 e. The summed E-state index contributed by atoms with van der Waals surface area (Å²) < 4.78 is 20.2. The van der Waals surface area contributed by atoms with Gasteiger partial charge < -0.3 is 9.64 Å². The third-order valence-corrected chi connectivity index (χ3v) is 6.04. The summed E-state index contributed by atoms with van der Waals surface area (Å²) >= 11 is 0. The molecule has 0 bridgehead atoms. The second kappa shape index (κ2) is 11.7. The summed E-state index contributed by atoms with van der Waals surface area (Å²) in [4.78, 5) is 9.26. The molecular weight excluding hydrogens is 413 g/mol. The molecule has 0 aliphatic carbocycles. The summed E-state index contributed by atoms with van der Waals surface area (Å²) in [5.41, 5.74) is 3.91. The van der Waals surface area contributed by atoms with E-state index in [0.717, 1.165) is 60.9 Å². The Morgan fingerprint density at radius 3 is 2.36 bits per heavy atom. The normalized spacial score (nSPS) is 15.5. The number of hydrogen-bond acceptors (Lipinski definition) is 4. The molecule has 0 atom stereocenters. The van der Waals surface area contributed by atoms with E-state index in [4.69, 9.17) is 4.74 Å². The second-order valence-corrected chi connectivity index (χ2v) is 8.57. The monoisotopic (exact) mass is 445 g/mol. The van der Waals surface area contributed by atoms with Crippen molar-refractivity contribution in [3.05, 3.63) is 96.1 Å². The van der Waals surface area contributed by atoms with Gasteiger partial charge in [0.25, 0.3) is 0 Å². The molecule has 1 fully saturated rings. The van der Waals surface area contributed by atoms with Crippen molar-refractivity contribution in [1.82, 2.24) is 14.8 Å². The number of rotatable bonds is 9. The molecule has 3 aromatic rings. The molecule has 0 amide bonds. The third-order valence-electron chi connectivity index (χ3n) is 6.04. The number of pyridine rings is 1. The number of hydrogen-bond donors (Lipinski definition) is 0. The van der Waals surface area contributed by atoms with E-state index in [1.165, 1.54) is 0 Å². The van der Waals surface area contributed by atoms with Crippen molar-refractivity contribution in [2.45, 2.75) is 12.8 Å². The summed E-state index contributed by atoms with van der Waals surface area (Å²) in [5.74, 6) is 0.722. The third kappa shape index (κ3) is 7.24. The molecule has 0 unspecified atom stereocenters. The van der Waals surface area contributed by atoms with Crippen LogP contribution in [0.5, 0.6) is 5.75 Å². The van der Waals surface area contributed by atoms with Crippen LogP contribution < -0.4 is 4.74 Å². The number of nitrogens with zero attached hydrogens (tertiary/aromatic N) is 3. The number of halogens is 1. The second-order valence-electron chi connectivity index (χ2n) is 8.57. The molecule has 1 aromatic heterocycles. The van der Waals surface area contributed by atoms with Gasteiger partial charge in [0.05, 0.1) is 0 Å². The highest BCUT2D eigenvalue weighted by molar-refractivity contribution is 5.63. The van der Waals surface area contributed by atoms with Crippen LogP contribution in [-0.2, 0) is 12.8 Å². The van der Waals surface area contributed by atoms with E-state index in [2.05, 4.69) is 21.8 Å². The van der Waals surface area contributed by atoms with Crippen LogP contribution in [-0.4, -0.2) is 61.2 Å². The van der Waals surface area contributed by atoms with E-state index in [-0.39, 0.29) is 12.2 Å². The van der Waals surface area contributed by atoms with Crippen LogP contribution in [0.3, 0.4) is 0 Å². The SMILES string of the molecule is CN1CCN(CCOc2ccc(-c3ccc(C/C(F)=C/Cc4ccccc4)nc3)cc2)CC1. The van der Waals surface area contributed by atoms with E-state index in [0.29, 0.717) is 13.0 Å². The quantitative estimate of drug-likeness (QED) is 0.463. The lowest BCUT2D eigenvalue weighted by molar-refractivity contribution is 0.134. The van der Waals surface area contributed by atoms with Crippen molar-refractivity contribution in [1.29, 1.82) is 0 Å². The standard InChI is InChI=1S/C28H32FN3O/c1-31-15-17-32(18-16-31)19-20-33-28-13-9-24(10-14-28)25-8-12-27(30-22-25)21-26(29)11-7-23-5-3-2-4-6-23/h2-6,8-14,22H,7,15-21H2,1H3/b26-11-. The highest BCUT2D eigenvalue weighted by Gasteiger charge is 2.13. The van der Waals surface area contributed by atoms with Gasteiger partial charge in [-0.2, -0.15) is 0 Å². The lowest BCUT2D eigenvalue weighted by Gasteiger charge is -2.32. The molecule has 1 saturated heterocycles. The maximum Gasteiger partial charge on any atom is 0.119 e. The fourth-order valence-corrected chi connectivity index (χ4v) is 3.90. The van der Waals surface area contributed by atoms with E-state index in [1.807, 2.05) is 72.9 Å². The predicted molar refractivity (Wildman–Crippen MR) is 132 cm³/mol. The van der Waals surface area contributed by atoms with Crippen LogP contribution >= 0.6 is 0 Å². The van der Waals surface area contributed by atoms with E-state index >= 15 is 0 Å². The Bertz CT molecular complexity index is 1010. The number of likely N-dealkylation sites (N-methyl/N-ethyl adjacent to an activating group) is 1. The Morgan fingerprint density at radius 1 is 0.939 bits per heavy atom. The van der Waals surface area contributed by atoms with Gasteiger partial charge in [-0.1, -0.05) is 48.5 Å². The van der Waals surface area contributed by atoms with Gasteiger partial charge in [-0.05, 0) is 48.9 Å². The lowest BCUT2D eigenvalue weighted by Crippen LogP contribution is -2.45. The zero-order valence-electron chi connectivity index (χ0n) is 19.3. The molecule has 4 rings (SSSR count). The van der Waals surface area contributed by atoms with E-state index < -0.39 is 0 Å². The Labute approximate surface area is 196 Å². The number of aromatic nitrogens is 1. The summed E-state index contributed by atoms with van der Waals surface area (Å²) in [5, 5.41) is 0. The molecule has 5 heteroatoms. The average molecular weight is 446 g/mol. The van der Waals surface area contributed by atoms with Crippen molar-refractivity contribution in [2.24, 2.45) is 0 Å². The van der Waals surface area contributed by atoms with Gasteiger partial charge in [0, 0.05) is 56.6 Å². The summed E-state index contributed by atoms with van der Waals surface area (Å²) in [6, 6.07) is 21.9. The molecule has 0 spiro atoms. The molecule has 1 aliphatic rings. The zero-order chi connectivity index (χ0) is 22.9. The first-order valence-corrected chi connectivity index (χ1v) is 11.6. The van der Waals surface area contributed by atoms with Crippen molar-refractivity contribution in [3.8, 4) is 16.9 Å². The molecule has 2 aromatic carbocycles. The van der Waals surface area contributed by atoms with E-state index in [1.54, 1.807) is 6.08 Å². The molecule has 1 aliphatic heterocycles. The first kappa shape index (κ1) is 23.1. The topological polar surface area (TPSA) is 28.6 Å². The fraction of sp³-hybridized carbons (Fsp3) is 0.321. The van der Waals surface area contributed by atoms with Crippen molar-refractivity contribution < 1.29 is 9.13 Å². The molecule has 4 nitrogen and oxygen atoms in total. The largest absolute Gasteiger partial charge is 0.492 e. The first-order valence-electron chi connectivity index (χ1n) is 11.6. The first-order chi connectivity index (χ1) is 16.2. The zero-order valence-corrected chi connectivity index (χ0v) is 19.3. The van der Waals surface area contributed by atoms with Gasteiger partial charge >= 0.3 is 0 Å². The molecule has 0 radical (unpaired) electrons. The minimum atomic E-state index is -0.155. The lowest BCUT2D eigenvalue weighted by atomic mass is 10.1. The summed E-state index contributed by atoms with van der Waals surface area (Å²) in [7, 11) is 2.17. The highest BCUT2D eigenvalue weighted by atomic mass is 19.1. The van der Waals surface area contributed by atoms with Crippen LogP contribution in [0.2, 0.25) is 0 Å². The molecule has 2 heterocycles. The fourth-order valence-electron chi connectivity index (χ4n) is 3.90. The number of benzene rings is 2. The predicted octanol–water partition coefficient (Wildman–Crippen LogP) is 5.01. The smallest absolute Gasteiger partial charge is 0.119 e. The number of ether oxygens (including phenoxy) is 1. The van der Waals surface area contributed by atoms with Gasteiger partial charge in [-0.25, -0.2) is 4.39 Å². The molecule has 0 saturated carbocycles. The van der Waals surface area contributed by atoms with Crippen LogP contribution in [0.1, 0.15) is 11.3 Å². The molecular formula is C28H32FN3O. The van der Waals surface area contributed by atoms with Gasteiger partial charge in [0.1, 0.15) is 18.2 Å². The van der Waals surface area contributed by atoms with Crippen molar-refractivity contribution in [2.75, 3.05) is 46.4 Å². The van der Waals surface area contributed by atoms with Crippen LogP contribution in [0.4, 0.5) is 4.39 Å².